The lowest BCUT2D eigenvalue weighted by Crippen LogP contribution is -2.45. The van der Waals surface area contributed by atoms with Crippen LogP contribution in [-0.2, 0) is 0 Å². The van der Waals surface area contributed by atoms with E-state index >= 15 is 0 Å². The molecule has 2 amide bonds. The molecule has 2 atom stereocenters. The monoisotopic (exact) mass is 319 g/mol. The first-order chi connectivity index (χ1) is 11.2. The number of rotatable bonds is 8. The minimum Gasteiger partial charge on any atom is -0.396 e. The Morgan fingerprint density at radius 1 is 1.26 bits per heavy atom. The summed E-state index contributed by atoms with van der Waals surface area (Å²) in [4.78, 5) is 14.6. The predicted molar refractivity (Wildman–Crippen MR) is 92.3 cm³/mol. The maximum atomic E-state index is 12.1. The molecule has 0 spiro atoms. The van der Waals surface area contributed by atoms with E-state index in [4.69, 9.17) is 5.11 Å². The van der Waals surface area contributed by atoms with Gasteiger partial charge in [0, 0.05) is 19.2 Å². The number of amides is 2. The van der Waals surface area contributed by atoms with Gasteiger partial charge in [-0.25, -0.2) is 4.79 Å². The highest BCUT2D eigenvalue weighted by atomic mass is 16.3. The van der Waals surface area contributed by atoms with Gasteiger partial charge in [0.2, 0.25) is 0 Å². The number of aliphatic hydroxyl groups is 1. The second-order valence-corrected chi connectivity index (χ2v) is 6.14. The zero-order chi connectivity index (χ0) is 16.5. The number of hydrogen-bond acceptors (Lipinski definition) is 3. The summed E-state index contributed by atoms with van der Waals surface area (Å²) in [6.45, 7) is 4.89. The van der Waals surface area contributed by atoms with Gasteiger partial charge >= 0.3 is 6.03 Å². The zero-order valence-electron chi connectivity index (χ0n) is 14.0. The molecule has 0 aliphatic carbocycles. The number of aliphatic hydroxyl groups excluding tert-OH is 1. The Labute approximate surface area is 139 Å². The molecule has 0 bridgehead atoms. The van der Waals surface area contributed by atoms with Crippen molar-refractivity contribution in [1.82, 2.24) is 15.5 Å². The van der Waals surface area contributed by atoms with Crippen LogP contribution in [0.25, 0.3) is 0 Å². The van der Waals surface area contributed by atoms with E-state index in [0.717, 1.165) is 19.5 Å². The van der Waals surface area contributed by atoms with Gasteiger partial charge in [0.25, 0.3) is 0 Å². The van der Waals surface area contributed by atoms with Crippen LogP contribution in [0.15, 0.2) is 30.3 Å². The van der Waals surface area contributed by atoms with Crippen molar-refractivity contribution >= 4 is 6.03 Å². The van der Waals surface area contributed by atoms with Crippen molar-refractivity contribution in [3.8, 4) is 0 Å². The van der Waals surface area contributed by atoms with E-state index in [2.05, 4.69) is 27.7 Å². The van der Waals surface area contributed by atoms with Crippen LogP contribution < -0.4 is 10.6 Å². The van der Waals surface area contributed by atoms with Crippen LogP contribution >= 0.6 is 0 Å². The summed E-state index contributed by atoms with van der Waals surface area (Å²) in [5.74, 6) is 0. The summed E-state index contributed by atoms with van der Waals surface area (Å²) in [5, 5.41) is 15.0. The molecule has 1 heterocycles. The molecule has 0 aromatic heterocycles. The number of likely N-dealkylation sites (tertiary alicyclic amines) is 1. The normalized spacial score (nSPS) is 17.7. The highest BCUT2D eigenvalue weighted by Crippen LogP contribution is 2.24. The summed E-state index contributed by atoms with van der Waals surface area (Å²) in [7, 11) is 0. The van der Waals surface area contributed by atoms with E-state index in [1.54, 1.807) is 0 Å². The predicted octanol–water partition coefficient (Wildman–Crippen LogP) is 2.28. The number of nitrogens with one attached hydrogen (secondary N) is 2. The fourth-order valence-corrected chi connectivity index (χ4v) is 3.15. The van der Waals surface area contributed by atoms with E-state index in [1.165, 1.54) is 18.4 Å². The molecular weight excluding hydrogens is 290 g/mol. The van der Waals surface area contributed by atoms with Gasteiger partial charge in [-0.2, -0.15) is 0 Å². The number of hydrogen-bond donors (Lipinski definition) is 3. The first kappa shape index (κ1) is 17.8. The number of urea groups is 1. The van der Waals surface area contributed by atoms with E-state index in [9.17, 15) is 4.79 Å². The van der Waals surface area contributed by atoms with Gasteiger partial charge in [-0.3, -0.25) is 4.90 Å². The standard InChI is InChI=1S/C18H29N3O2/c1-2-16(10-13-22)20-18(23)19-14-17(21-11-6-7-12-21)15-8-4-3-5-9-15/h3-5,8-9,16-17,22H,2,6-7,10-14H2,1H3,(H2,19,20,23). The minimum absolute atomic E-state index is 0.0296. The molecule has 1 saturated heterocycles. The smallest absolute Gasteiger partial charge is 0.315 e. The second-order valence-electron chi connectivity index (χ2n) is 6.14. The lowest BCUT2D eigenvalue weighted by molar-refractivity contribution is 0.214. The van der Waals surface area contributed by atoms with Gasteiger partial charge in [-0.05, 0) is 44.3 Å². The van der Waals surface area contributed by atoms with Crippen molar-refractivity contribution < 1.29 is 9.90 Å². The van der Waals surface area contributed by atoms with Gasteiger partial charge in [-0.15, -0.1) is 0 Å². The SMILES string of the molecule is CCC(CCO)NC(=O)NCC(c1ccccc1)N1CCCC1. The molecule has 1 aromatic carbocycles. The van der Waals surface area contributed by atoms with E-state index in [1.807, 2.05) is 25.1 Å². The minimum atomic E-state index is -0.148. The van der Waals surface area contributed by atoms with Gasteiger partial charge in [0.05, 0.1) is 6.04 Å². The van der Waals surface area contributed by atoms with Crippen LogP contribution in [0.4, 0.5) is 4.79 Å². The molecule has 2 rings (SSSR count). The number of benzene rings is 1. The molecule has 2 unspecified atom stereocenters. The van der Waals surface area contributed by atoms with Crippen LogP contribution in [0, 0.1) is 0 Å². The third-order valence-electron chi connectivity index (χ3n) is 4.53. The summed E-state index contributed by atoms with van der Waals surface area (Å²) in [6, 6.07) is 10.5. The van der Waals surface area contributed by atoms with Crippen LogP contribution in [0.5, 0.6) is 0 Å². The van der Waals surface area contributed by atoms with Crippen molar-refractivity contribution in [3.63, 3.8) is 0 Å². The fourth-order valence-electron chi connectivity index (χ4n) is 3.15. The third-order valence-corrected chi connectivity index (χ3v) is 4.53. The van der Waals surface area contributed by atoms with E-state index < -0.39 is 0 Å². The highest BCUT2D eigenvalue weighted by Gasteiger charge is 2.24. The van der Waals surface area contributed by atoms with E-state index in [-0.39, 0.29) is 24.7 Å². The van der Waals surface area contributed by atoms with Gasteiger partial charge in [0.15, 0.2) is 0 Å². The fraction of sp³-hybridized carbons (Fsp3) is 0.611. The Hall–Kier alpha value is -1.59. The number of carbonyl (C=O) groups excluding carboxylic acids is 1. The van der Waals surface area contributed by atoms with Crippen molar-refractivity contribution in [1.29, 1.82) is 0 Å². The lowest BCUT2D eigenvalue weighted by atomic mass is 10.1. The Morgan fingerprint density at radius 3 is 2.57 bits per heavy atom. The van der Waals surface area contributed by atoms with Crippen molar-refractivity contribution in [2.24, 2.45) is 0 Å². The molecule has 1 aliphatic heterocycles. The molecule has 5 heteroatoms. The Balaban J connectivity index is 1.91. The summed E-state index contributed by atoms with van der Waals surface area (Å²) >= 11 is 0. The molecule has 128 valence electrons. The lowest BCUT2D eigenvalue weighted by Gasteiger charge is -2.28. The van der Waals surface area contributed by atoms with Gasteiger partial charge in [-0.1, -0.05) is 37.3 Å². The molecule has 23 heavy (non-hydrogen) atoms. The Morgan fingerprint density at radius 2 is 1.96 bits per heavy atom. The largest absolute Gasteiger partial charge is 0.396 e. The quantitative estimate of drug-likeness (QED) is 0.689. The third kappa shape index (κ3) is 5.52. The van der Waals surface area contributed by atoms with Crippen molar-refractivity contribution in [2.45, 2.75) is 44.7 Å². The van der Waals surface area contributed by atoms with Crippen LogP contribution in [0.3, 0.4) is 0 Å². The molecule has 3 N–H and O–H groups in total. The molecule has 1 aromatic rings. The molecule has 0 saturated carbocycles. The molecule has 5 nitrogen and oxygen atoms in total. The summed E-state index contributed by atoms with van der Waals surface area (Å²) in [5.41, 5.74) is 1.25. The van der Waals surface area contributed by atoms with Crippen LogP contribution in [0.2, 0.25) is 0 Å². The average Bonchev–Trinajstić information content (AvgIpc) is 3.10. The maximum absolute atomic E-state index is 12.1. The highest BCUT2D eigenvalue weighted by molar-refractivity contribution is 5.74. The first-order valence-electron chi connectivity index (χ1n) is 8.68. The number of nitrogens with zero attached hydrogens (tertiary/aromatic N) is 1. The molecule has 0 radical (unpaired) electrons. The van der Waals surface area contributed by atoms with Crippen molar-refractivity contribution in [2.75, 3.05) is 26.2 Å². The first-order valence-corrected chi connectivity index (χ1v) is 8.68. The second kappa shape index (κ2) is 9.53. The topological polar surface area (TPSA) is 64.6 Å². The maximum Gasteiger partial charge on any atom is 0.315 e. The molecule has 1 aliphatic rings. The van der Waals surface area contributed by atoms with Gasteiger partial charge < -0.3 is 15.7 Å². The zero-order valence-corrected chi connectivity index (χ0v) is 14.0. The number of carbonyl (C=O) groups is 1. The molecular formula is C18H29N3O2. The summed E-state index contributed by atoms with van der Waals surface area (Å²) < 4.78 is 0. The molecule has 1 fully saturated rings. The van der Waals surface area contributed by atoms with Crippen molar-refractivity contribution in [3.05, 3.63) is 35.9 Å². The Bertz CT molecular complexity index is 461. The van der Waals surface area contributed by atoms with Gasteiger partial charge in [0.1, 0.15) is 0 Å². The Kier molecular flexibility index (Phi) is 7.36. The van der Waals surface area contributed by atoms with Crippen LogP contribution in [-0.4, -0.2) is 48.3 Å². The van der Waals surface area contributed by atoms with E-state index in [0.29, 0.717) is 13.0 Å². The average molecular weight is 319 g/mol. The summed E-state index contributed by atoms with van der Waals surface area (Å²) in [6.07, 6.45) is 3.87. The van der Waals surface area contributed by atoms with Crippen LogP contribution in [0.1, 0.15) is 44.2 Å².